The average molecular weight is 360 g/mol. The minimum atomic E-state index is -3.47. The van der Waals surface area contributed by atoms with Crippen molar-refractivity contribution < 1.29 is 13.2 Å². The molecule has 0 fully saturated rings. The largest absolute Gasteiger partial charge is 0.326 e. The van der Waals surface area contributed by atoms with Gasteiger partial charge in [-0.25, -0.2) is 8.42 Å². The second kappa shape index (κ2) is 7.70. The molecule has 0 bridgehead atoms. The summed E-state index contributed by atoms with van der Waals surface area (Å²) in [5.74, 6) is -0.214. The first-order valence-electron chi connectivity index (χ1n) is 8.09. The molecule has 0 unspecified atom stereocenters. The zero-order valence-electron chi connectivity index (χ0n) is 15.0. The summed E-state index contributed by atoms with van der Waals surface area (Å²) in [6.07, 6.45) is 1.23. The van der Waals surface area contributed by atoms with E-state index in [-0.39, 0.29) is 18.9 Å². The van der Waals surface area contributed by atoms with Crippen molar-refractivity contribution in [2.24, 2.45) is 0 Å². The van der Waals surface area contributed by atoms with Gasteiger partial charge < -0.3 is 5.32 Å². The number of amides is 1. The van der Waals surface area contributed by atoms with Crippen LogP contribution in [0.4, 0.5) is 11.4 Å². The van der Waals surface area contributed by atoms with Crippen molar-refractivity contribution in [3.05, 3.63) is 59.2 Å². The number of anilines is 2. The number of benzene rings is 2. The molecule has 0 saturated heterocycles. The third-order valence-electron chi connectivity index (χ3n) is 3.98. The summed E-state index contributed by atoms with van der Waals surface area (Å²) < 4.78 is 25.6. The van der Waals surface area contributed by atoms with Crippen molar-refractivity contribution in [2.75, 3.05) is 22.4 Å². The van der Waals surface area contributed by atoms with E-state index in [1.165, 1.54) is 4.31 Å². The van der Waals surface area contributed by atoms with Crippen molar-refractivity contribution in [3.8, 4) is 0 Å². The van der Waals surface area contributed by atoms with E-state index in [0.29, 0.717) is 5.69 Å². The fourth-order valence-electron chi connectivity index (χ4n) is 2.68. The maximum absolute atomic E-state index is 12.3. The lowest BCUT2D eigenvalue weighted by molar-refractivity contribution is -0.116. The van der Waals surface area contributed by atoms with Gasteiger partial charge in [0.2, 0.25) is 15.9 Å². The Balaban J connectivity index is 2.11. The molecule has 0 radical (unpaired) electrons. The molecule has 5 nitrogen and oxygen atoms in total. The van der Waals surface area contributed by atoms with Crippen LogP contribution in [0.1, 0.15) is 23.1 Å². The number of rotatable bonds is 6. The summed E-state index contributed by atoms with van der Waals surface area (Å²) in [5.41, 5.74) is 4.30. The topological polar surface area (TPSA) is 66.5 Å². The van der Waals surface area contributed by atoms with Crippen LogP contribution >= 0.6 is 0 Å². The fraction of sp³-hybridized carbons (Fsp3) is 0.316. The second-order valence-corrected chi connectivity index (χ2v) is 8.14. The molecule has 0 heterocycles. The third kappa shape index (κ3) is 5.06. The van der Waals surface area contributed by atoms with Gasteiger partial charge in [0.15, 0.2) is 0 Å². The number of aryl methyl sites for hydroxylation is 3. The molecule has 2 rings (SSSR count). The highest BCUT2D eigenvalue weighted by Crippen LogP contribution is 2.22. The smallest absolute Gasteiger partial charge is 0.232 e. The third-order valence-corrected chi connectivity index (χ3v) is 5.16. The van der Waals surface area contributed by atoms with Crippen LogP contribution in [0.15, 0.2) is 42.5 Å². The number of nitrogens with one attached hydrogen (secondary N) is 1. The van der Waals surface area contributed by atoms with Crippen molar-refractivity contribution in [1.29, 1.82) is 0 Å². The van der Waals surface area contributed by atoms with Gasteiger partial charge in [-0.15, -0.1) is 0 Å². The van der Waals surface area contributed by atoms with Crippen LogP contribution < -0.4 is 9.62 Å². The quantitative estimate of drug-likeness (QED) is 0.858. The number of hydrogen-bond donors (Lipinski definition) is 1. The van der Waals surface area contributed by atoms with Gasteiger partial charge >= 0.3 is 0 Å². The number of para-hydroxylation sites is 1. The normalized spacial score (nSPS) is 11.2. The molecule has 0 aromatic heterocycles. The Bertz CT molecular complexity index is 876. The molecule has 2 aromatic carbocycles. The maximum Gasteiger partial charge on any atom is 0.232 e. The minimum Gasteiger partial charge on any atom is -0.326 e. The number of hydrogen-bond acceptors (Lipinski definition) is 3. The van der Waals surface area contributed by atoms with E-state index in [1.807, 2.05) is 51.1 Å². The first kappa shape index (κ1) is 19.0. The van der Waals surface area contributed by atoms with Crippen LogP contribution in [0.25, 0.3) is 0 Å². The van der Waals surface area contributed by atoms with Crippen LogP contribution in [0, 0.1) is 20.8 Å². The Labute approximate surface area is 149 Å². The van der Waals surface area contributed by atoms with Crippen LogP contribution in [-0.2, 0) is 14.8 Å². The molecule has 0 aliphatic heterocycles. The molecule has 0 aliphatic carbocycles. The zero-order chi connectivity index (χ0) is 18.6. The Morgan fingerprint density at radius 2 is 1.72 bits per heavy atom. The number of carbonyl (C=O) groups is 1. The summed E-state index contributed by atoms with van der Waals surface area (Å²) in [7, 11) is -3.47. The highest BCUT2D eigenvalue weighted by Gasteiger charge is 2.20. The predicted molar refractivity (Wildman–Crippen MR) is 103 cm³/mol. The number of sulfonamides is 1. The van der Waals surface area contributed by atoms with E-state index in [4.69, 9.17) is 0 Å². The van der Waals surface area contributed by atoms with Crippen molar-refractivity contribution >= 4 is 27.3 Å². The Morgan fingerprint density at radius 1 is 1.04 bits per heavy atom. The van der Waals surface area contributed by atoms with Crippen LogP contribution in [0.3, 0.4) is 0 Å². The van der Waals surface area contributed by atoms with E-state index < -0.39 is 10.0 Å². The summed E-state index contributed by atoms with van der Waals surface area (Å²) in [5, 5.41) is 2.85. The Kier molecular flexibility index (Phi) is 5.85. The molecule has 0 saturated carbocycles. The summed E-state index contributed by atoms with van der Waals surface area (Å²) in [6.45, 7) is 5.87. The second-order valence-electron chi connectivity index (χ2n) is 6.24. The molecule has 0 spiro atoms. The lowest BCUT2D eigenvalue weighted by Crippen LogP contribution is -2.33. The van der Waals surface area contributed by atoms with Crippen molar-refractivity contribution in [2.45, 2.75) is 27.2 Å². The van der Waals surface area contributed by atoms with Crippen molar-refractivity contribution in [3.63, 3.8) is 0 Å². The number of carbonyl (C=O) groups excluding carboxylic acids is 1. The molecule has 134 valence electrons. The van der Waals surface area contributed by atoms with Crippen LogP contribution in [0.2, 0.25) is 0 Å². The first-order chi connectivity index (χ1) is 11.7. The van der Waals surface area contributed by atoms with Gasteiger partial charge in [-0.05, 0) is 44.0 Å². The molecule has 1 N–H and O–H groups in total. The molecule has 0 aliphatic rings. The molecule has 2 aromatic rings. The first-order valence-corrected chi connectivity index (χ1v) is 9.94. The molecule has 1 amide bonds. The molecule has 0 atom stereocenters. The Morgan fingerprint density at radius 3 is 2.32 bits per heavy atom. The van der Waals surface area contributed by atoms with E-state index in [0.717, 1.165) is 28.6 Å². The molecular formula is C19H24N2O3S. The van der Waals surface area contributed by atoms with E-state index in [9.17, 15) is 13.2 Å². The summed E-state index contributed by atoms with van der Waals surface area (Å²) in [6, 6.07) is 13.0. The van der Waals surface area contributed by atoms with Crippen molar-refractivity contribution in [1.82, 2.24) is 0 Å². The van der Waals surface area contributed by atoms with Gasteiger partial charge in [-0.3, -0.25) is 9.10 Å². The predicted octanol–water partition coefficient (Wildman–Crippen LogP) is 3.41. The highest BCUT2D eigenvalue weighted by atomic mass is 32.2. The average Bonchev–Trinajstić information content (AvgIpc) is 2.51. The minimum absolute atomic E-state index is 0.0781. The van der Waals surface area contributed by atoms with Gasteiger partial charge in [0.05, 0.1) is 11.9 Å². The Hall–Kier alpha value is -2.34. The van der Waals surface area contributed by atoms with Gasteiger partial charge in [0.25, 0.3) is 0 Å². The molecule has 25 heavy (non-hydrogen) atoms. The lowest BCUT2D eigenvalue weighted by atomic mass is 10.1. The van der Waals surface area contributed by atoms with Gasteiger partial charge in [-0.2, -0.15) is 0 Å². The van der Waals surface area contributed by atoms with E-state index in [2.05, 4.69) is 5.32 Å². The standard InChI is InChI=1S/C19H24N2O3S/c1-14-9-10-17(16(3)13-14)20-19(22)11-12-21(25(4,23)24)18-8-6-5-7-15(18)2/h5-10,13H,11-12H2,1-4H3,(H,20,22). The van der Waals surface area contributed by atoms with Gasteiger partial charge in [0.1, 0.15) is 0 Å². The van der Waals surface area contributed by atoms with Crippen LogP contribution in [-0.4, -0.2) is 27.1 Å². The summed E-state index contributed by atoms with van der Waals surface area (Å²) in [4.78, 5) is 12.3. The monoisotopic (exact) mass is 360 g/mol. The van der Waals surface area contributed by atoms with Gasteiger partial charge in [-0.1, -0.05) is 35.9 Å². The fourth-order valence-corrected chi connectivity index (χ4v) is 3.66. The summed E-state index contributed by atoms with van der Waals surface area (Å²) >= 11 is 0. The molecule has 6 heteroatoms. The highest BCUT2D eigenvalue weighted by molar-refractivity contribution is 7.92. The maximum atomic E-state index is 12.3. The lowest BCUT2D eigenvalue weighted by Gasteiger charge is -2.24. The van der Waals surface area contributed by atoms with Crippen LogP contribution in [0.5, 0.6) is 0 Å². The zero-order valence-corrected chi connectivity index (χ0v) is 15.9. The number of nitrogens with zero attached hydrogens (tertiary/aromatic N) is 1. The molecular weight excluding hydrogens is 336 g/mol. The SMILES string of the molecule is Cc1ccc(NC(=O)CCN(c2ccccc2C)S(C)(=O)=O)c(C)c1. The van der Waals surface area contributed by atoms with Gasteiger partial charge in [0, 0.05) is 18.7 Å². The van der Waals surface area contributed by atoms with E-state index in [1.54, 1.807) is 12.1 Å². The van der Waals surface area contributed by atoms with E-state index >= 15 is 0 Å².